The number of methoxy groups -OCH3 is 2. The van der Waals surface area contributed by atoms with Gasteiger partial charge in [0, 0.05) is 24.6 Å². The van der Waals surface area contributed by atoms with Gasteiger partial charge in [-0.05, 0) is 31.4 Å². The number of rotatable bonds is 7. The summed E-state index contributed by atoms with van der Waals surface area (Å²) < 4.78 is 14.5. The van der Waals surface area contributed by atoms with Crippen LogP contribution in [0.1, 0.15) is 42.1 Å². The maximum atomic E-state index is 13.0. The van der Waals surface area contributed by atoms with Crippen molar-refractivity contribution < 1.29 is 48.5 Å². The van der Waals surface area contributed by atoms with Crippen LogP contribution in [0.2, 0.25) is 5.02 Å². The number of allylic oxidation sites excluding steroid dienone is 3. The van der Waals surface area contributed by atoms with E-state index in [-0.39, 0.29) is 28.3 Å². The Hall–Kier alpha value is -3.77. The Bertz CT molecular complexity index is 1080. The van der Waals surface area contributed by atoms with E-state index in [2.05, 4.69) is 20.1 Å². The number of hydroxylamine groups is 1. The van der Waals surface area contributed by atoms with Crippen molar-refractivity contribution >= 4 is 35.2 Å². The smallest absolute Gasteiger partial charge is 0.346 e. The molecule has 0 spiro atoms. The third-order valence-electron chi connectivity index (χ3n) is 4.96. The van der Waals surface area contributed by atoms with Crippen LogP contribution in [0.25, 0.3) is 0 Å². The number of benzene rings is 1. The van der Waals surface area contributed by atoms with Crippen molar-refractivity contribution in [1.29, 1.82) is 0 Å². The number of nitrogens with one attached hydrogen (secondary N) is 1. The van der Waals surface area contributed by atoms with E-state index in [9.17, 15) is 24.6 Å². The summed E-state index contributed by atoms with van der Waals surface area (Å²) in [6.07, 6.45) is 5.73. The molecule has 0 amide bonds. The molecule has 3 N–H and O–H groups in total. The molecule has 37 heavy (non-hydrogen) atoms. The Morgan fingerprint density at radius 2 is 1.86 bits per heavy atom. The Morgan fingerprint density at radius 3 is 2.57 bits per heavy atom. The Labute approximate surface area is 218 Å². The predicted molar refractivity (Wildman–Crippen MR) is 131 cm³/mol. The van der Waals surface area contributed by atoms with E-state index >= 15 is 0 Å². The first-order valence-corrected chi connectivity index (χ1v) is 11.5. The van der Waals surface area contributed by atoms with E-state index in [1.54, 1.807) is 6.92 Å². The number of phenolic OH excluding ortho intramolecular Hbond substituents is 2. The lowest BCUT2D eigenvalue weighted by atomic mass is 9.99. The first-order chi connectivity index (χ1) is 17.7. The zero-order valence-electron chi connectivity index (χ0n) is 20.6. The summed E-state index contributed by atoms with van der Waals surface area (Å²) in [6.45, 7) is 0.798. The molecule has 0 saturated carbocycles. The molecule has 1 atom stereocenters. The number of hydrogen-bond acceptors (Lipinski definition) is 12. The zero-order chi connectivity index (χ0) is 27.4. The number of hydrogen-bond donors (Lipinski definition) is 3. The number of halogens is 1. The standard InChI is InChI=1S/C24H29ClN2O10/c1-14-7-5-4-6-8-15(26-35-12-20(30)33-2)9-16(27-36-13-21(31)34-3)10-17-22(24(32)37-14)18(28)11-19(29)23(17)25/h4-5,9,11,14,27-29H,6-8,10,12-13H2,1-3H3/b5-4+,16-9+,26-15+. The summed E-state index contributed by atoms with van der Waals surface area (Å²) in [4.78, 5) is 46.1. The van der Waals surface area contributed by atoms with Gasteiger partial charge in [0.15, 0.2) is 6.61 Å². The molecule has 1 aromatic carbocycles. The van der Waals surface area contributed by atoms with Crippen molar-refractivity contribution in [2.24, 2.45) is 5.16 Å². The minimum Gasteiger partial charge on any atom is -0.507 e. The molecule has 1 aliphatic heterocycles. The molecule has 1 unspecified atom stereocenters. The van der Waals surface area contributed by atoms with Crippen LogP contribution in [0.4, 0.5) is 0 Å². The summed E-state index contributed by atoms with van der Waals surface area (Å²) >= 11 is 6.32. The van der Waals surface area contributed by atoms with Crippen LogP contribution < -0.4 is 5.48 Å². The monoisotopic (exact) mass is 540 g/mol. The number of carbonyl (C=O) groups is 3. The molecule has 1 aliphatic rings. The van der Waals surface area contributed by atoms with E-state index < -0.39 is 48.7 Å². The van der Waals surface area contributed by atoms with Gasteiger partial charge in [0.05, 0.1) is 25.0 Å². The van der Waals surface area contributed by atoms with Crippen LogP contribution in [0.3, 0.4) is 0 Å². The van der Waals surface area contributed by atoms with Crippen LogP contribution in [0.15, 0.2) is 35.1 Å². The van der Waals surface area contributed by atoms with Crippen LogP contribution in [0.5, 0.6) is 11.5 Å². The van der Waals surface area contributed by atoms with Gasteiger partial charge in [-0.2, -0.15) is 0 Å². The van der Waals surface area contributed by atoms with Crippen molar-refractivity contribution in [2.75, 3.05) is 27.4 Å². The topological polar surface area (TPSA) is 162 Å². The molecule has 0 aromatic heterocycles. The maximum Gasteiger partial charge on any atom is 0.346 e. The molecular formula is C24H29ClN2O10. The largest absolute Gasteiger partial charge is 0.507 e. The van der Waals surface area contributed by atoms with E-state index in [4.69, 9.17) is 26.0 Å². The molecule has 1 heterocycles. The van der Waals surface area contributed by atoms with Gasteiger partial charge in [-0.25, -0.2) is 14.4 Å². The molecule has 0 radical (unpaired) electrons. The van der Waals surface area contributed by atoms with Crippen molar-refractivity contribution in [3.05, 3.63) is 46.1 Å². The van der Waals surface area contributed by atoms with Crippen molar-refractivity contribution in [1.82, 2.24) is 5.48 Å². The van der Waals surface area contributed by atoms with Crippen LogP contribution in [-0.4, -0.2) is 67.4 Å². The Balaban J connectivity index is 2.57. The highest BCUT2D eigenvalue weighted by atomic mass is 35.5. The summed E-state index contributed by atoms with van der Waals surface area (Å²) in [5, 5.41) is 24.5. The third kappa shape index (κ3) is 9.32. The van der Waals surface area contributed by atoms with Gasteiger partial charge < -0.3 is 29.3 Å². The zero-order valence-corrected chi connectivity index (χ0v) is 21.4. The van der Waals surface area contributed by atoms with Crippen molar-refractivity contribution in [3.8, 4) is 11.5 Å². The highest BCUT2D eigenvalue weighted by molar-refractivity contribution is 6.33. The highest BCUT2D eigenvalue weighted by Crippen LogP contribution is 2.38. The van der Waals surface area contributed by atoms with E-state index in [0.717, 1.165) is 6.07 Å². The number of aromatic hydroxyl groups is 2. The Morgan fingerprint density at radius 1 is 1.16 bits per heavy atom. The molecule has 13 heteroatoms. The number of esters is 3. The maximum absolute atomic E-state index is 13.0. The number of ether oxygens (including phenoxy) is 3. The number of oxime groups is 1. The van der Waals surface area contributed by atoms with Crippen molar-refractivity contribution in [2.45, 2.75) is 38.7 Å². The quantitative estimate of drug-likeness (QED) is 0.202. The number of cyclic esters (lactones) is 1. The predicted octanol–water partition coefficient (Wildman–Crippen LogP) is 2.70. The minimum atomic E-state index is -0.850. The average molecular weight is 541 g/mol. The molecular weight excluding hydrogens is 512 g/mol. The SMILES string of the molecule is COC(=O)CO/N=C1/C=C(/NOCC(=O)OC)Cc2c(Cl)c(O)cc(O)c2C(=O)OC(C)C/C=C/CC1. The van der Waals surface area contributed by atoms with Gasteiger partial charge in [-0.15, -0.1) is 0 Å². The molecule has 0 bridgehead atoms. The molecule has 0 aliphatic carbocycles. The van der Waals surface area contributed by atoms with E-state index in [1.165, 1.54) is 20.3 Å². The molecule has 0 fully saturated rings. The first-order valence-electron chi connectivity index (χ1n) is 11.2. The number of fused-ring (bicyclic) bond motifs is 1. The van der Waals surface area contributed by atoms with Gasteiger partial charge in [-0.1, -0.05) is 28.9 Å². The minimum absolute atomic E-state index is 0.0271. The van der Waals surface area contributed by atoms with Gasteiger partial charge in [-0.3, -0.25) is 10.3 Å². The normalized spacial score (nSPS) is 19.9. The highest BCUT2D eigenvalue weighted by Gasteiger charge is 2.26. The fourth-order valence-electron chi connectivity index (χ4n) is 3.13. The fourth-order valence-corrected chi connectivity index (χ4v) is 3.35. The molecule has 2 rings (SSSR count). The lowest BCUT2D eigenvalue weighted by molar-refractivity contribution is -0.148. The van der Waals surface area contributed by atoms with Gasteiger partial charge in [0.1, 0.15) is 23.2 Å². The second-order valence-electron chi connectivity index (χ2n) is 7.79. The number of carbonyl (C=O) groups excluding carboxylic acids is 3. The van der Waals surface area contributed by atoms with Gasteiger partial charge >= 0.3 is 17.9 Å². The average Bonchev–Trinajstić information content (AvgIpc) is 2.85. The molecule has 1 aromatic rings. The molecule has 12 nitrogen and oxygen atoms in total. The summed E-state index contributed by atoms with van der Waals surface area (Å²) in [6, 6.07) is 0.939. The lowest BCUT2D eigenvalue weighted by Crippen LogP contribution is -2.23. The van der Waals surface area contributed by atoms with Crippen LogP contribution >= 0.6 is 11.6 Å². The van der Waals surface area contributed by atoms with Gasteiger partial charge in [0.2, 0.25) is 6.61 Å². The second kappa shape index (κ2) is 14.7. The van der Waals surface area contributed by atoms with E-state index in [0.29, 0.717) is 25.0 Å². The first kappa shape index (κ1) is 29.5. The molecule has 202 valence electrons. The third-order valence-corrected chi connectivity index (χ3v) is 5.38. The second-order valence-corrected chi connectivity index (χ2v) is 8.17. The van der Waals surface area contributed by atoms with Gasteiger partial charge in [0.25, 0.3) is 0 Å². The summed E-state index contributed by atoms with van der Waals surface area (Å²) in [5.41, 5.74) is 2.91. The summed E-state index contributed by atoms with van der Waals surface area (Å²) in [5.74, 6) is -3.15. The van der Waals surface area contributed by atoms with Crippen LogP contribution in [-0.2, 0) is 39.9 Å². The lowest BCUT2D eigenvalue weighted by Gasteiger charge is -2.19. The van der Waals surface area contributed by atoms with Crippen molar-refractivity contribution in [3.63, 3.8) is 0 Å². The van der Waals surface area contributed by atoms with Crippen LogP contribution in [0, 0.1) is 0 Å². The number of nitrogens with zero attached hydrogens (tertiary/aromatic N) is 1. The fraction of sp³-hybridized carbons (Fsp3) is 0.417. The Kier molecular flexibility index (Phi) is 11.7. The van der Waals surface area contributed by atoms with E-state index in [1.807, 2.05) is 12.2 Å². The number of phenols is 2. The summed E-state index contributed by atoms with van der Waals surface area (Å²) in [7, 11) is 2.40. The molecule has 0 saturated heterocycles.